The van der Waals surface area contributed by atoms with E-state index in [4.69, 9.17) is 23.2 Å². The average Bonchev–Trinajstić information content (AvgIpc) is 2.03. The Morgan fingerprint density at radius 3 is 2.67 bits per heavy atom. The molecule has 3 heteroatoms. The predicted molar refractivity (Wildman–Crippen MR) is 58.2 cm³/mol. The number of hydrogen-bond acceptors (Lipinski definition) is 0. The van der Waals surface area contributed by atoms with Crippen LogP contribution in [0.5, 0.6) is 0 Å². The van der Waals surface area contributed by atoms with E-state index < -0.39 is 0 Å². The van der Waals surface area contributed by atoms with Gasteiger partial charge in [-0.1, -0.05) is 33.6 Å². The normalized spacial score (nSPS) is 10.2. The van der Waals surface area contributed by atoms with Gasteiger partial charge in [-0.25, -0.2) is 0 Å². The van der Waals surface area contributed by atoms with Crippen LogP contribution in [-0.4, -0.2) is 5.88 Å². The minimum Gasteiger partial charge on any atom is -0.127 e. The monoisotopic (exact) mass is 266 g/mol. The van der Waals surface area contributed by atoms with E-state index in [0.29, 0.717) is 5.88 Å². The van der Waals surface area contributed by atoms with E-state index in [-0.39, 0.29) is 0 Å². The molecule has 0 aliphatic heterocycles. The molecule has 1 rings (SSSR count). The molecule has 0 amide bonds. The zero-order valence-corrected chi connectivity index (χ0v) is 9.59. The third kappa shape index (κ3) is 2.96. The van der Waals surface area contributed by atoms with E-state index in [9.17, 15) is 0 Å². The van der Waals surface area contributed by atoms with Gasteiger partial charge in [-0.15, -0.1) is 11.6 Å². The van der Waals surface area contributed by atoms with Crippen LogP contribution in [0.4, 0.5) is 0 Å². The van der Waals surface area contributed by atoms with Gasteiger partial charge in [0.1, 0.15) is 0 Å². The highest BCUT2D eigenvalue weighted by molar-refractivity contribution is 9.10. The van der Waals surface area contributed by atoms with E-state index >= 15 is 0 Å². The lowest BCUT2D eigenvalue weighted by molar-refractivity contribution is 0.929. The molecule has 0 radical (unpaired) electrons. The number of alkyl halides is 1. The van der Waals surface area contributed by atoms with E-state index in [1.54, 1.807) is 0 Å². The van der Waals surface area contributed by atoms with Crippen molar-refractivity contribution in [3.05, 3.63) is 33.3 Å². The van der Waals surface area contributed by atoms with Gasteiger partial charge in [-0.2, -0.15) is 0 Å². The summed E-state index contributed by atoms with van der Waals surface area (Å²) >= 11 is 14.9. The maximum Gasteiger partial charge on any atom is 0.0449 e. The first-order valence-corrected chi connectivity index (χ1v) is 5.44. The Bertz CT molecular complexity index is 261. The van der Waals surface area contributed by atoms with Crippen LogP contribution in [0, 0.1) is 0 Å². The van der Waals surface area contributed by atoms with E-state index in [1.807, 2.05) is 18.2 Å². The van der Waals surface area contributed by atoms with Crippen molar-refractivity contribution in [2.45, 2.75) is 12.8 Å². The highest BCUT2D eigenvalue weighted by Gasteiger charge is 1.99. The Morgan fingerprint density at radius 1 is 1.33 bits per heavy atom. The van der Waals surface area contributed by atoms with Gasteiger partial charge in [-0.3, -0.25) is 0 Å². The second-order valence-corrected chi connectivity index (χ2v) is 4.23. The molecule has 12 heavy (non-hydrogen) atoms. The molecule has 0 atom stereocenters. The highest BCUT2D eigenvalue weighted by atomic mass is 79.9. The van der Waals surface area contributed by atoms with Gasteiger partial charge in [0.2, 0.25) is 0 Å². The molecule has 0 spiro atoms. The van der Waals surface area contributed by atoms with Crippen LogP contribution >= 0.6 is 39.1 Å². The molecule has 66 valence electrons. The average molecular weight is 268 g/mol. The summed E-state index contributed by atoms with van der Waals surface area (Å²) in [6.07, 6.45) is 1.93. The molecule has 0 aliphatic carbocycles. The van der Waals surface area contributed by atoms with Crippen LogP contribution in [0.1, 0.15) is 12.0 Å². The maximum atomic E-state index is 5.99. The first kappa shape index (κ1) is 10.4. The van der Waals surface area contributed by atoms with Gasteiger partial charge in [0.05, 0.1) is 0 Å². The highest BCUT2D eigenvalue weighted by Crippen LogP contribution is 2.22. The van der Waals surface area contributed by atoms with Crippen molar-refractivity contribution in [3.63, 3.8) is 0 Å². The molecule has 0 nitrogen and oxygen atoms in total. The van der Waals surface area contributed by atoms with Crippen LogP contribution in [0.2, 0.25) is 5.02 Å². The number of rotatable bonds is 3. The summed E-state index contributed by atoms with van der Waals surface area (Å²) in [5, 5.41) is 0.814. The Morgan fingerprint density at radius 2 is 2.08 bits per heavy atom. The summed E-state index contributed by atoms with van der Waals surface area (Å²) in [6.45, 7) is 0. The van der Waals surface area contributed by atoms with Crippen molar-refractivity contribution in [2.24, 2.45) is 0 Å². The third-order valence-corrected chi connectivity index (χ3v) is 2.71. The SMILES string of the molecule is ClCCCc1ccc(Br)cc1Cl. The lowest BCUT2D eigenvalue weighted by atomic mass is 10.1. The summed E-state index contributed by atoms with van der Waals surface area (Å²) < 4.78 is 1.02. The van der Waals surface area contributed by atoms with Crippen molar-refractivity contribution in [3.8, 4) is 0 Å². The largest absolute Gasteiger partial charge is 0.127 e. The van der Waals surface area contributed by atoms with Crippen molar-refractivity contribution in [1.82, 2.24) is 0 Å². The second-order valence-electron chi connectivity index (χ2n) is 2.53. The van der Waals surface area contributed by atoms with Gasteiger partial charge in [0.25, 0.3) is 0 Å². The lowest BCUT2D eigenvalue weighted by Crippen LogP contribution is -1.87. The number of benzene rings is 1. The summed E-state index contributed by atoms with van der Waals surface area (Å²) in [7, 11) is 0. The van der Waals surface area contributed by atoms with Crippen LogP contribution in [-0.2, 0) is 6.42 Å². The van der Waals surface area contributed by atoms with Crippen LogP contribution in [0.3, 0.4) is 0 Å². The second kappa shape index (κ2) is 5.11. The smallest absolute Gasteiger partial charge is 0.0449 e. The standard InChI is InChI=1S/C9H9BrCl2/c10-8-4-3-7(2-1-5-11)9(12)6-8/h3-4,6H,1-2,5H2. The number of halogens is 3. The van der Waals surface area contributed by atoms with Gasteiger partial charge in [-0.05, 0) is 30.5 Å². The molecule has 0 aromatic heterocycles. The van der Waals surface area contributed by atoms with Crippen LogP contribution in [0.25, 0.3) is 0 Å². The fraction of sp³-hybridized carbons (Fsp3) is 0.333. The molecule has 0 saturated heterocycles. The minimum atomic E-state index is 0.687. The zero-order chi connectivity index (χ0) is 8.97. The van der Waals surface area contributed by atoms with Gasteiger partial charge in [0, 0.05) is 15.4 Å². The van der Waals surface area contributed by atoms with Gasteiger partial charge in [0.15, 0.2) is 0 Å². The Kier molecular flexibility index (Phi) is 4.41. The summed E-state index contributed by atoms with van der Waals surface area (Å²) in [5.74, 6) is 0.687. The van der Waals surface area contributed by atoms with Gasteiger partial charge < -0.3 is 0 Å². The molecule has 1 aromatic carbocycles. The van der Waals surface area contributed by atoms with E-state index in [2.05, 4.69) is 15.9 Å². The summed E-state index contributed by atoms with van der Waals surface area (Å²) in [6, 6.07) is 5.93. The molecule has 0 N–H and O–H groups in total. The van der Waals surface area contributed by atoms with E-state index in [1.165, 1.54) is 5.56 Å². The summed E-state index contributed by atoms with van der Waals surface area (Å²) in [5.41, 5.74) is 1.17. The zero-order valence-electron chi connectivity index (χ0n) is 6.49. The van der Waals surface area contributed by atoms with Crippen molar-refractivity contribution < 1.29 is 0 Å². The van der Waals surface area contributed by atoms with Gasteiger partial charge >= 0.3 is 0 Å². The quantitative estimate of drug-likeness (QED) is 0.718. The van der Waals surface area contributed by atoms with Crippen molar-refractivity contribution in [1.29, 1.82) is 0 Å². The number of aryl methyl sites for hydroxylation is 1. The lowest BCUT2D eigenvalue weighted by Gasteiger charge is -2.02. The topological polar surface area (TPSA) is 0 Å². The molecule has 0 heterocycles. The summed E-state index contributed by atoms with van der Waals surface area (Å²) in [4.78, 5) is 0. The molecular formula is C9H9BrCl2. The van der Waals surface area contributed by atoms with Crippen molar-refractivity contribution >= 4 is 39.1 Å². The fourth-order valence-corrected chi connectivity index (χ4v) is 1.88. The van der Waals surface area contributed by atoms with Crippen LogP contribution in [0.15, 0.2) is 22.7 Å². The molecule has 0 saturated carbocycles. The maximum absolute atomic E-state index is 5.99. The number of hydrogen-bond donors (Lipinski definition) is 0. The molecule has 1 aromatic rings. The third-order valence-electron chi connectivity index (χ3n) is 1.59. The molecule has 0 fully saturated rings. The van der Waals surface area contributed by atoms with Crippen LogP contribution < -0.4 is 0 Å². The molecular weight excluding hydrogens is 259 g/mol. The first-order chi connectivity index (χ1) is 5.74. The Labute approximate surface area is 91.0 Å². The molecule has 0 aliphatic rings. The Hall–Kier alpha value is 0.280. The Balaban J connectivity index is 2.72. The first-order valence-electron chi connectivity index (χ1n) is 3.74. The molecule has 0 unspecified atom stereocenters. The molecule has 0 bridgehead atoms. The predicted octanol–water partition coefficient (Wildman–Crippen LogP) is 4.27. The van der Waals surface area contributed by atoms with Crippen molar-refractivity contribution in [2.75, 3.05) is 5.88 Å². The minimum absolute atomic E-state index is 0.687. The van der Waals surface area contributed by atoms with E-state index in [0.717, 1.165) is 22.3 Å². The fourth-order valence-electron chi connectivity index (χ4n) is 0.982.